The third kappa shape index (κ3) is 8.18. The van der Waals surface area contributed by atoms with E-state index in [2.05, 4.69) is 154 Å². The summed E-state index contributed by atoms with van der Waals surface area (Å²) in [6.45, 7) is 15.6. The van der Waals surface area contributed by atoms with E-state index in [0.29, 0.717) is 11.8 Å². The van der Waals surface area contributed by atoms with E-state index in [1.807, 2.05) is 48.5 Å². The minimum absolute atomic E-state index is 0. The van der Waals surface area contributed by atoms with Crippen LogP contribution < -0.4 is 4.40 Å². The Labute approximate surface area is 348 Å². The van der Waals surface area contributed by atoms with Gasteiger partial charge >= 0.3 is 135 Å². The van der Waals surface area contributed by atoms with E-state index >= 15 is 0 Å². The van der Waals surface area contributed by atoms with E-state index < -0.39 is 13.3 Å². The molecule has 0 aliphatic rings. The first-order valence-electron chi connectivity index (χ1n) is 19.2. The number of allylic oxidation sites excluding steroid dienone is 3. The van der Waals surface area contributed by atoms with Crippen molar-refractivity contribution >= 4 is 56.3 Å². The van der Waals surface area contributed by atoms with Crippen molar-refractivity contribution in [1.29, 1.82) is 0 Å². The molecule has 8 aromatic rings. The Morgan fingerprint density at radius 1 is 0.768 bits per heavy atom. The number of furan rings is 1. The third-order valence-corrected chi connectivity index (χ3v) is 14.6. The molecule has 1 radical (unpaired) electrons. The molecule has 56 heavy (non-hydrogen) atoms. The summed E-state index contributed by atoms with van der Waals surface area (Å²) in [5, 5.41) is 2.18. The maximum absolute atomic E-state index is 6.36. The van der Waals surface area contributed by atoms with E-state index in [4.69, 9.17) is 14.4 Å². The summed E-state index contributed by atoms with van der Waals surface area (Å²) in [7, 11) is 0. The minimum Gasteiger partial charge on any atom is 0 e. The molecule has 0 atom stereocenters. The molecule has 285 valence electrons. The number of hydrogen-bond donors (Lipinski definition) is 0. The second-order valence-electron chi connectivity index (χ2n) is 15.8. The Morgan fingerprint density at radius 2 is 1.46 bits per heavy atom. The fraction of sp³-hybridized carbons (Fsp3) is 0.200. The topological polar surface area (TPSA) is 43.9 Å². The van der Waals surface area contributed by atoms with Crippen molar-refractivity contribution in [2.45, 2.75) is 51.9 Å². The fourth-order valence-electron chi connectivity index (χ4n) is 7.01. The second-order valence-corrected chi connectivity index (χ2v) is 26.4. The Kier molecular flexibility index (Phi) is 12.5. The maximum Gasteiger partial charge on any atom is 0 e. The van der Waals surface area contributed by atoms with Crippen LogP contribution in [0.2, 0.25) is 17.3 Å². The molecule has 0 unspecified atom stereocenters. The van der Waals surface area contributed by atoms with E-state index in [1.165, 1.54) is 21.1 Å². The van der Waals surface area contributed by atoms with E-state index in [9.17, 15) is 0 Å². The van der Waals surface area contributed by atoms with Crippen LogP contribution in [0.15, 0.2) is 150 Å². The van der Waals surface area contributed by atoms with Crippen LogP contribution >= 0.6 is 0 Å². The molecule has 0 amide bonds. The van der Waals surface area contributed by atoms with Crippen LogP contribution in [-0.4, -0.2) is 27.8 Å². The largest absolute Gasteiger partial charge is 0 e. The van der Waals surface area contributed by atoms with E-state index in [0.717, 1.165) is 66.9 Å². The second kappa shape index (κ2) is 17.1. The summed E-state index contributed by atoms with van der Waals surface area (Å²) in [6, 6.07) is 48.1. The number of rotatable bonds is 8. The average Bonchev–Trinajstić information content (AvgIpc) is 3.77. The van der Waals surface area contributed by atoms with Gasteiger partial charge in [0.15, 0.2) is 0 Å². The molecule has 6 heteroatoms. The first-order chi connectivity index (χ1) is 26.4. The van der Waals surface area contributed by atoms with Gasteiger partial charge in [-0.3, -0.25) is 4.98 Å². The number of benzene rings is 5. The summed E-state index contributed by atoms with van der Waals surface area (Å²) in [5.74, 6) is 8.75. The number of fused-ring (bicyclic) bond motifs is 4. The molecular formula is C50H49GeIrN3O-2. The van der Waals surface area contributed by atoms with Crippen molar-refractivity contribution < 1.29 is 24.5 Å². The zero-order valence-electron chi connectivity index (χ0n) is 33.6. The van der Waals surface area contributed by atoms with Crippen LogP contribution in [0.5, 0.6) is 0 Å². The third-order valence-electron chi connectivity index (χ3n) is 10.4. The van der Waals surface area contributed by atoms with Crippen molar-refractivity contribution in [2.75, 3.05) is 0 Å². The van der Waals surface area contributed by atoms with Gasteiger partial charge < -0.3 is 8.98 Å². The molecule has 0 fully saturated rings. The van der Waals surface area contributed by atoms with E-state index in [1.54, 1.807) is 0 Å². The van der Waals surface area contributed by atoms with Gasteiger partial charge in [-0.2, -0.15) is 0 Å². The first kappa shape index (κ1) is 40.8. The van der Waals surface area contributed by atoms with Crippen LogP contribution in [0, 0.1) is 24.0 Å². The van der Waals surface area contributed by atoms with Crippen molar-refractivity contribution in [1.82, 2.24) is 14.5 Å². The molecule has 0 aliphatic carbocycles. The number of hydrogen-bond acceptors (Lipinski definition) is 3. The predicted molar refractivity (Wildman–Crippen MR) is 236 cm³/mol. The van der Waals surface area contributed by atoms with Gasteiger partial charge in [0, 0.05) is 31.2 Å². The Balaban J connectivity index is 0.000000202. The van der Waals surface area contributed by atoms with Gasteiger partial charge in [0.05, 0.1) is 22.4 Å². The van der Waals surface area contributed by atoms with Crippen LogP contribution in [0.1, 0.15) is 34.6 Å². The Bertz CT molecular complexity index is 2660. The van der Waals surface area contributed by atoms with Gasteiger partial charge in [-0.1, -0.05) is 75.6 Å². The van der Waals surface area contributed by atoms with E-state index in [-0.39, 0.29) is 20.1 Å². The molecule has 0 bridgehead atoms. The zero-order chi connectivity index (χ0) is 38.9. The number of pyridine rings is 1. The quantitative estimate of drug-likeness (QED) is 0.0866. The van der Waals surface area contributed by atoms with Gasteiger partial charge in [0.1, 0.15) is 5.58 Å². The van der Waals surface area contributed by atoms with Crippen LogP contribution in [0.3, 0.4) is 0 Å². The number of aromatic nitrogens is 3. The first-order valence-corrected chi connectivity index (χ1v) is 26.5. The van der Waals surface area contributed by atoms with Crippen molar-refractivity contribution in [3.63, 3.8) is 0 Å². The summed E-state index contributed by atoms with van der Waals surface area (Å²) >= 11 is -1.99. The predicted octanol–water partition coefficient (Wildman–Crippen LogP) is 13.3. The van der Waals surface area contributed by atoms with Crippen LogP contribution in [0.25, 0.3) is 72.4 Å². The van der Waals surface area contributed by atoms with Crippen LogP contribution in [-0.2, 0) is 20.1 Å². The summed E-state index contributed by atoms with van der Waals surface area (Å²) in [6.07, 6.45) is 2.10. The fourth-order valence-corrected chi connectivity index (χ4v) is 10.1. The van der Waals surface area contributed by atoms with Gasteiger partial charge in [-0.25, -0.2) is 0 Å². The Hall–Kier alpha value is -4.81. The van der Waals surface area contributed by atoms with Gasteiger partial charge in [-0.05, 0) is 48.1 Å². The molecule has 3 aromatic heterocycles. The standard InChI is InChI=1S/C30H29N2O.C20H20GeN.Ir/c1-18(2)20(5)28(21(6)19(3)4)32-26-16-9-8-15-25(26)31-30(32)24-14-11-13-23-22-12-7-10-17-27(22)33-29(23)24;1-21(2,3)19-15-22-20(17-12-8-5-9-13-17)14-18(19)16-10-6-4-7-11-16;/h7-13,15-19H,5H2,1-4,6H3;4-12,14-15H,1-3H3;/q2*-1;/b28-21-;;. The van der Waals surface area contributed by atoms with Gasteiger partial charge in [0.2, 0.25) is 0 Å². The summed E-state index contributed by atoms with van der Waals surface area (Å²) in [5.41, 5.74) is 12.7. The molecule has 0 N–H and O–H groups in total. The molecular weight excluding hydrogens is 923 g/mol. The van der Waals surface area contributed by atoms with Crippen molar-refractivity contribution in [3.05, 3.63) is 157 Å². The summed E-state index contributed by atoms with van der Waals surface area (Å²) < 4.78 is 10.1. The molecule has 0 saturated heterocycles. The monoisotopic (exact) mass is 974 g/mol. The van der Waals surface area contributed by atoms with Gasteiger partial charge in [0.25, 0.3) is 0 Å². The average molecular weight is 973 g/mol. The maximum atomic E-state index is 6.36. The molecule has 0 aliphatic heterocycles. The summed E-state index contributed by atoms with van der Waals surface area (Å²) in [4.78, 5) is 9.82. The van der Waals surface area contributed by atoms with Crippen LogP contribution in [0.4, 0.5) is 0 Å². The molecule has 5 aromatic carbocycles. The van der Waals surface area contributed by atoms with Crippen molar-refractivity contribution in [3.8, 4) is 33.8 Å². The molecule has 0 saturated carbocycles. The Morgan fingerprint density at radius 3 is 2.16 bits per heavy atom. The number of nitrogens with zero attached hydrogens (tertiary/aromatic N) is 3. The minimum atomic E-state index is -1.99. The molecule has 0 spiro atoms. The SMILES string of the molecule is C=C(/C(=C(\C)C(C)C)n1c(-c2[c-]ccc3c2oc2ccccc23)nc2ccccc21)C(C)C.[CH3][Ge]([CH3])([CH3])[c]1cnc(-c2[c-]cccc2)cc1-c1ccccc1.[Ir]. The number of para-hydroxylation sites is 3. The van der Waals surface area contributed by atoms with Gasteiger partial charge in [-0.15, -0.1) is 18.2 Å². The number of imidazole rings is 1. The normalized spacial score (nSPS) is 12.1. The van der Waals surface area contributed by atoms with Crippen molar-refractivity contribution in [2.24, 2.45) is 11.8 Å². The molecule has 3 heterocycles. The molecule has 8 rings (SSSR count). The molecule has 4 nitrogen and oxygen atoms in total. The zero-order valence-corrected chi connectivity index (χ0v) is 38.1. The smallest absolute Gasteiger partial charge is 0 e.